The van der Waals surface area contributed by atoms with Crippen LogP contribution in [0, 0.1) is 0 Å². The van der Waals surface area contributed by atoms with E-state index in [1.54, 1.807) is 0 Å². The Labute approximate surface area is 80.7 Å². The van der Waals surface area contributed by atoms with Crippen LogP contribution < -0.4 is 0 Å². The highest BCUT2D eigenvalue weighted by atomic mass is 35.5. The van der Waals surface area contributed by atoms with Gasteiger partial charge in [0.25, 0.3) is 0 Å². The number of phosphoric ester groups is 1. The van der Waals surface area contributed by atoms with Crippen molar-refractivity contribution in [3.05, 3.63) is 12.7 Å². The topological polar surface area (TPSA) is 55.8 Å². The second-order valence-electron chi connectivity index (χ2n) is 1.95. The Hall–Kier alpha value is 0.430. The van der Waals surface area contributed by atoms with E-state index in [1.165, 1.54) is 13.0 Å². The first kappa shape index (κ1) is 12.4. The van der Waals surface area contributed by atoms with Crippen LogP contribution in [0.3, 0.4) is 0 Å². The van der Waals surface area contributed by atoms with Gasteiger partial charge < -0.3 is 4.89 Å². The Kier molecular flexibility index (Phi) is 4.77. The monoisotopic (exact) mass is 234 g/mol. The Bertz CT molecular complexity index is 200. The van der Waals surface area contributed by atoms with Crippen LogP contribution in [-0.4, -0.2) is 16.0 Å². The number of phosphoric acid groups is 1. The minimum absolute atomic E-state index is 0.113. The zero-order chi connectivity index (χ0) is 9.83. The molecule has 12 heavy (non-hydrogen) atoms. The van der Waals surface area contributed by atoms with E-state index in [-0.39, 0.29) is 6.61 Å². The van der Waals surface area contributed by atoms with Gasteiger partial charge in [-0.15, -0.1) is 6.58 Å². The average Bonchev–Trinajstić information content (AvgIpc) is 1.78. The van der Waals surface area contributed by atoms with Crippen LogP contribution in [0.25, 0.3) is 0 Å². The normalized spacial score (nSPS) is 17.0. The third-order valence-electron chi connectivity index (χ3n) is 0.631. The van der Waals surface area contributed by atoms with Crippen molar-refractivity contribution in [1.82, 2.24) is 0 Å². The maximum absolute atomic E-state index is 10.9. The molecule has 0 aromatic heterocycles. The van der Waals surface area contributed by atoms with Crippen LogP contribution in [-0.2, 0) is 13.6 Å². The summed E-state index contributed by atoms with van der Waals surface area (Å²) in [4.78, 5) is 8.88. The molecule has 0 saturated heterocycles. The van der Waals surface area contributed by atoms with Gasteiger partial charge in [-0.2, -0.15) is 0 Å². The molecule has 72 valence electrons. The van der Waals surface area contributed by atoms with E-state index in [4.69, 9.17) is 28.1 Å². The van der Waals surface area contributed by atoms with Crippen molar-refractivity contribution in [2.45, 2.75) is 11.4 Å². The number of hydrogen-bond donors (Lipinski definition) is 1. The molecule has 0 aromatic carbocycles. The lowest BCUT2D eigenvalue weighted by Crippen LogP contribution is -2.11. The summed E-state index contributed by atoms with van der Waals surface area (Å²) in [6.07, 6.45) is 1.30. The van der Waals surface area contributed by atoms with E-state index in [1.807, 2.05) is 0 Å². The first-order valence-electron chi connectivity index (χ1n) is 2.93. The molecule has 0 radical (unpaired) electrons. The summed E-state index contributed by atoms with van der Waals surface area (Å²) in [5.41, 5.74) is 0. The summed E-state index contributed by atoms with van der Waals surface area (Å²) in [6, 6.07) is 0. The van der Waals surface area contributed by atoms with Crippen LogP contribution in [0.4, 0.5) is 0 Å². The smallest absolute Gasteiger partial charge is 0.302 e. The minimum Gasteiger partial charge on any atom is -0.302 e. The second kappa shape index (κ2) is 4.61. The van der Waals surface area contributed by atoms with Gasteiger partial charge in [0.1, 0.15) is 0 Å². The summed E-state index contributed by atoms with van der Waals surface area (Å²) < 4.78 is 17.8. The largest absolute Gasteiger partial charge is 0.475 e. The molecule has 7 heteroatoms. The molecule has 0 aliphatic heterocycles. The highest BCUT2D eigenvalue weighted by Gasteiger charge is 2.31. The van der Waals surface area contributed by atoms with Gasteiger partial charge in [0.2, 0.25) is 4.52 Å². The maximum atomic E-state index is 10.9. The van der Waals surface area contributed by atoms with Crippen LogP contribution in [0.1, 0.15) is 6.92 Å². The molecule has 0 spiro atoms. The Balaban J connectivity index is 4.04. The fourth-order valence-electron chi connectivity index (χ4n) is 0.376. The quantitative estimate of drug-likeness (QED) is 0.451. The molecule has 1 N–H and O–H groups in total. The highest BCUT2D eigenvalue weighted by Crippen LogP contribution is 2.49. The molecule has 0 fully saturated rings. The van der Waals surface area contributed by atoms with E-state index in [0.29, 0.717) is 0 Å². The fourth-order valence-corrected chi connectivity index (χ4v) is 1.65. The number of halogens is 2. The highest BCUT2D eigenvalue weighted by molar-refractivity contribution is 7.47. The molecule has 0 aliphatic rings. The molecular weight excluding hydrogens is 226 g/mol. The van der Waals surface area contributed by atoms with Gasteiger partial charge in [-0.1, -0.05) is 29.3 Å². The molecule has 0 bridgehead atoms. The van der Waals surface area contributed by atoms with Gasteiger partial charge in [-0.05, 0) is 6.92 Å². The van der Waals surface area contributed by atoms with Crippen molar-refractivity contribution in [2.24, 2.45) is 0 Å². The zero-order valence-electron chi connectivity index (χ0n) is 6.37. The van der Waals surface area contributed by atoms with E-state index < -0.39 is 12.3 Å². The van der Waals surface area contributed by atoms with Gasteiger partial charge in [0.05, 0.1) is 6.61 Å². The van der Waals surface area contributed by atoms with Crippen molar-refractivity contribution in [2.75, 3.05) is 6.61 Å². The maximum Gasteiger partial charge on any atom is 0.475 e. The van der Waals surface area contributed by atoms with Crippen LogP contribution in [0.2, 0.25) is 0 Å². The van der Waals surface area contributed by atoms with Gasteiger partial charge in [-0.3, -0.25) is 4.52 Å². The number of rotatable bonds is 5. The minimum atomic E-state index is -4.17. The first-order valence-corrected chi connectivity index (χ1v) is 5.19. The summed E-state index contributed by atoms with van der Waals surface area (Å²) in [7, 11) is -4.17. The van der Waals surface area contributed by atoms with Gasteiger partial charge in [-0.25, -0.2) is 9.09 Å². The average molecular weight is 235 g/mol. The molecule has 1 unspecified atom stereocenters. The van der Waals surface area contributed by atoms with Gasteiger partial charge in [0.15, 0.2) is 0 Å². The molecular formula is C5H9Cl2O4P. The molecule has 0 saturated carbocycles. The van der Waals surface area contributed by atoms with Crippen molar-refractivity contribution in [3.63, 3.8) is 0 Å². The van der Waals surface area contributed by atoms with Crippen LogP contribution >= 0.6 is 31.0 Å². The summed E-state index contributed by atoms with van der Waals surface area (Å²) in [5.74, 6) is 0. The van der Waals surface area contributed by atoms with Crippen molar-refractivity contribution in [3.8, 4) is 0 Å². The number of alkyl halides is 2. The molecule has 0 aromatic rings. The van der Waals surface area contributed by atoms with Crippen molar-refractivity contribution >= 4 is 31.0 Å². The van der Waals surface area contributed by atoms with Gasteiger partial charge >= 0.3 is 7.82 Å². The Morgan fingerprint density at radius 3 is 2.58 bits per heavy atom. The molecule has 0 rings (SSSR count). The van der Waals surface area contributed by atoms with Gasteiger partial charge in [0, 0.05) is 0 Å². The molecule has 0 heterocycles. The predicted octanol–water partition coefficient (Wildman–Crippen LogP) is 2.46. The lowest BCUT2D eigenvalue weighted by Gasteiger charge is -2.17. The van der Waals surface area contributed by atoms with Crippen LogP contribution in [0.5, 0.6) is 0 Å². The van der Waals surface area contributed by atoms with E-state index >= 15 is 0 Å². The Morgan fingerprint density at radius 2 is 2.25 bits per heavy atom. The molecule has 4 nitrogen and oxygen atoms in total. The van der Waals surface area contributed by atoms with E-state index in [0.717, 1.165) is 0 Å². The van der Waals surface area contributed by atoms with E-state index in [2.05, 4.69) is 15.6 Å². The standard InChI is InChI=1S/C5H9Cl2O4P/c1-3-4-10-12(8,9)11-5(2,6)7/h3H,1,4H2,2H3,(H,8,9). The lowest BCUT2D eigenvalue weighted by atomic mass is 10.7. The second-order valence-corrected chi connectivity index (χ2v) is 4.97. The summed E-state index contributed by atoms with van der Waals surface area (Å²) in [6.45, 7) is 4.37. The predicted molar refractivity (Wildman–Crippen MR) is 47.2 cm³/mol. The summed E-state index contributed by atoms with van der Waals surface area (Å²) in [5, 5.41) is 0. The fraction of sp³-hybridized carbons (Fsp3) is 0.600. The van der Waals surface area contributed by atoms with E-state index in [9.17, 15) is 4.57 Å². The molecule has 0 amide bonds. The third-order valence-corrected chi connectivity index (χ3v) is 2.07. The number of hydrogen-bond acceptors (Lipinski definition) is 3. The SMILES string of the molecule is C=CCOP(=O)(O)OC(C)(Cl)Cl. The lowest BCUT2D eigenvalue weighted by molar-refractivity contribution is 0.137. The first-order chi connectivity index (χ1) is 5.27. The van der Waals surface area contributed by atoms with Crippen molar-refractivity contribution < 1.29 is 18.5 Å². The Morgan fingerprint density at radius 1 is 1.75 bits per heavy atom. The third kappa shape index (κ3) is 7.10. The zero-order valence-corrected chi connectivity index (χ0v) is 8.77. The van der Waals surface area contributed by atoms with Crippen molar-refractivity contribution in [1.29, 1.82) is 0 Å². The summed E-state index contributed by atoms with van der Waals surface area (Å²) >= 11 is 10.6. The molecule has 1 atom stereocenters. The molecule has 0 aliphatic carbocycles. The van der Waals surface area contributed by atoms with Crippen LogP contribution in [0.15, 0.2) is 12.7 Å².